The second kappa shape index (κ2) is 9.51. The van der Waals surface area contributed by atoms with Crippen molar-refractivity contribution in [2.75, 3.05) is 47.2 Å². The summed E-state index contributed by atoms with van der Waals surface area (Å²) in [6, 6.07) is 9.42. The van der Waals surface area contributed by atoms with Crippen LogP contribution in [0.25, 0.3) is 0 Å². The van der Waals surface area contributed by atoms with E-state index in [-0.39, 0.29) is 23.4 Å². The van der Waals surface area contributed by atoms with E-state index >= 15 is 0 Å². The first-order valence-corrected chi connectivity index (χ1v) is 13.5. The Kier molecular flexibility index (Phi) is 6.43. The van der Waals surface area contributed by atoms with Gasteiger partial charge in [0.05, 0.1) is 10.9 Å². The van der Waals surface area contributed by atoms with Crippen molar-refractivity contribution in [3.8, 4) is 0 Å². The minimum Gasteiger partial charge on any atom is -0.369 e. The van der Waals surface area contributed by atoms with Gasteiger partial charge in [-0.25, -0.2) is 22.2 Å². The number of hydrogen-bond acceptors (Lipinski definition) is 7. The van der Waals surface area contributed by atoms with Crippen molar-refractivity contribution in [2.45, 2.75) is 17.4 Å². The zero-order chi connectivity index (χ0) is 24.6. The van der Waals surface area contributed by atoms with Crippen LogP contribution in [0.1, 0.15) is 7.85 Å². The first-order valence-electron chi connectivity index (χ1n) is 11.1. The molecule has 0 spiro atoms. The molecule has 35 heavy (non-hydrogen) atoms. The molecular weight excluding hydrogens is 496 g/mol. The number of carbonyl (C=O) groups excluding carboxylic acids is 1. The van der Waals surface area contributed by atoms with Crippen molar-refractivity contribution in [1.82, 2.24) is 9.88 Å². The van der Waals surface area contributed by atoms with Crippen LogP contribution in [0.15, 0.2) is 58.9 Å². The van der Waals surface area contributed by atoms with E-state index in [1.807, 2.05) is 4.90 Å². The van der Waals surface area contributed by atoms with Crippen molar-refractivity contribution in [1.29, 1.82) is 0 Å². The van der Waals surface area contributed by atoms with Gasteiger partial charge in [0.2, 0.25) is 5.91 Å². The van der Waals surface area contributed by atoms with Gasteiger partial charge in [0.15, 0.2) is 5.13 Å². The Labute approximate surface area is 207 Å². The maximum Gasteiger partial charge on any atom is 0.263 e. The van der Waals surface area contributed by atoms with Gasteiger partial charge in [-0.3, -0.25) is 14.4 Å². The molecule has 1 N–H and O–H groups in total. The summed E-state index contributed by atoms with van der Waals surface area (Å²) < 4.78 is 54.7. The average molecular weight is 522 g/mol. The number of anilines is 3. The summed E-state index contributed by atoms with van der Waals surface area (Å²) in [5.74, 6) is -1.25. The van der Waals surface area contributed by atoms with Crippen molar-refractivity contribution < 1.29 is 23.4 Å². The Balaban J connectivity index is 0.00000304. The number of rotatable bonds is 6. The Morgan fingerprint density at radius 2 is 1.66 bits per heavy atom. The lowest BCUT2D eigenvalue weighted by Gasteiger charge is -2.38. The van der Waals surface area contributed by atoms with Crippen LogP contribution in [0, 0.1) is 11.6 Å². The molecule has 12 heteroatoms. The molecule has 8 nitrogen and oxygen atoms in total. The van der Waals surface area contributed by atoms with Crippen molar-refractivity contribution >= 4 is 43.8 Å². The van der Waals surface area contributed by atoms with Crippen molar-refractivity contribution in [3.05, 3.63) is 65.7 Å². The second-order valence-corrected chi connectivity index (χ2v) is 11.0. The number of amides is 1. The highest BCUT2D eigenvalue weighted by atomic mass is 32.2. The van der Waals surface area contributed by atoms with E-state index in [1.165, 1.54) is 41.8 Å². The molecule has 0 saturated carbocycles. The van der Waals surface area contributed by atoms with Gasteiger partial charge in [-0.15, -0.1) is 11.3 Å². The van der Waals surface area contributed by atoms with Crippen LogP contribution in [0.4, 0.5) is 25.3 Å². The van der Waals surface area contributed by atoms with Gasteiger partial charge in [-0.05, 0) is 42.8 Å². The highest BCUT2D eigenvalue weighted by Crippen LogP contribution is 2.28. The minimum atomic E-state index is -3.76. The van der Waals surface area contributed by atoms with Gasteiger partial charge in [-0.2, -0.15) is 0 Å². The van der Waals surface area contributed by atoms with Gasteiger partial charge in [0.1, 0.15) is 11.6 Å². The minimum absolute atomic E-state index is 0. The molecule has 3 aromatic rings. The summed E-state index contributed by atoms with van der Waals surface area (Å²) in [5.41, 5.74) is 1.14. The number of nitrogens with one attached hydrogen (secondary N) is 1. The number of nitrogens with zero attached hydrogens (tertiary/aromatic N) is 4. The molecule has 1 aromatic heterocycles. The predicted molar refractivity (Wildman–Crippen MR) is 132 cm³/mol. The first-order chi connectivity index (χ1) is 16.8. The zero-order valence-electron chi connectivity index (χ0n) is 18.6. The molecule has 0 radical (unpaired) electrons. The number of halogens is 2. The SMILES string of the molecule is O=C1[C@@H](N2CCN(c3cc(F)cc(F)c3)CC2)CCN1c1ccc(S(=O)(=O)Nc2nccs2)cc1.[HH]. The highest BCUT2D eigenvalue weighted by Gasteiger charge is 2.38. The molecule has 2 aromatic carbocycles. The molecule has 3 heterocycles. The van der Waals surface area contributed by atoms with Gasteiger partial charge >= 0.3 is 0 Å². The molecular formula is C23H25F2N5O3S2. The fraction of sp³-hybridized carbons (Fsp3) is 0.304. The summed E-state index contributed by atoms with van der Waals surface area (Å²) in [4.78, 5) is 22.9. The number of hydrogen-bond donors (Lipinski definition) is 1. The normalized spacial score (nSPS) is 19.4. The highest BCUT2D eigenvalue weighted by molar-refractivity contribution is 7.93. The van der Waals surface area contributed by atoms with Gasteiger partial charge in [0, 0.05) is 63.2 Å². The van der Waals surface area contributed by atoms with E-state index in [0.717, 1.165) is 6.07 Å². The Morgan fingerprint density at radius 1 is 0.971 bits per heavy atom. The summed E-state index contributed by atoms with van der Waals surface area (Å²) in [7, 11) is -3.76. The monoisotopic (exact) mass is 521 g/mol. The van der Waals surface area contributed by atoms with Crippen LogP contribution in [0.2, 0.25) is 0 Å². The second-order valence-electron chi connectivity index (χ2n) is 8.38. The summed E-state index contributed by atoms with van der Waals surface area (Å²) in [6.45, 7) is 2.85. The molecule has 2 saturated heterocycles. The lowest BCUT2D eigenvalue weighted by molar-refractivity contribution is -0.121. The maximum absolute atomic E-state index is 13.6. The number of sulfonamides is 1. The smallest absolute Gasteiger partial charge is 0.263 e. The van der Waals surface area contributed by atoms with Crippen LogP contribution >= 0.6 is 11.3 Å². The van der Waals surface area contributed by atoms with Crippen LogP contribution in [0.5, 0.6) is 0 Å². The number of carbonyl (C=O) groups is 1. The third-order valence-corrected chi connectivity index (χ3v) is 8.43. The zero-order valence-corrected chi connectivity index (χ0v) is 20.2. The third-order valence-electron chi connectivity index (χ3n) is 6.26. The summed E-state index contributed by atoms with van der Waals surface area (Å²) in [6.07, 6.45) is 2.17. The fourth-order valence-corrected chi connectivity index (χ4v) is 6.32. The van der Waals surface area contributed by atoms with E-state index in [2.05, 4.69) is 14.6 Å². The molecule has 2 aliphatic rings. The fourth-order valence-electron chi connectivity index (χ4n) is 4.53. The largest absolute Gasteiger partial charge is 0.369 e. The predicted octanol–water partition coefficient (Wildman–Crippen LogP) is 3.40. The average Bonchev–Trinajstić information content (AvgIpc) is 3.48. The van der Waals surface area contributed by atoms with Gasteiger partial charge < -0.3 is 9.80 Å². The number of piperazine rings is 1. The maximum atomic E-state index is 13.6. The Bertz CT molecular complexity index is 1300. The molecule has 2 aliphatic heterocycles. The summed E-state index contributed by atoms with van der Waals surface area (Å²) >= 11 is 1.19. The number of benzene rings is 2. The van der Waals surface area contributed by atoms with E-state index < -0.39 is 21.7 Å². The molecule has 0 unspecified atom stereocenters. The Hall–Kier alpha value is -3.09. The topological polar surface area (TPSA) is 85.9 Å². The van der Waals surface area contributed by atoms with E-state index in [9.17, 15) is 22.0 Å². The van der Waals surface area contributed by atoms with E-state index in [4.69, 9.17) is 0 Å². The number of thiazole rings is 1. The van der Waals surface area contributed by atoms with Crippen LogP contribution in [-0.4, -0.2) is 63.0 Å². The molecule has 5 rings (SSSR count). The molecule has 2 fully saturated rings. The lowest BCUT2D eigenvalue weighted by atomic mass is 10.1. The van der Waals surface area contributed by atoms with Gasteiger partial charge in [-0.1, -0.05) is 0 Å². The van der Waals surface area contributed by atoms with Crippen LogP contribution < -0.4 is 14.5 Å². The van der Waals surface area contributed by atoms with E-state index in [1.54, 1.807) is 22.4 Å². The third kappa shape index (κ3) is 5.00. The molecule has 0 aliphatic carbocycles. The molecule has 186 valence electrons. The van der Waals surface area contributed by atoms with Gasteiger partial charge in [0.25, 0.3) is 10.0 Å². The van der Waals surface area contributed by atoms with Crippen LogP contribution in [0.3, 0.4) is 0 Å². The lowest BCUT2D eigenvalue weighted by Crippen LogP contribution is -2.52. The van der Waals surface area contributed by atoms with E-state index in [0.29, 0.717) is 50.5 Å². The van der Waals surface area contributed by atoms with Crippen LogP contribution in [-0.2, 0) is 14.8 Å². The summed E-state index contributed by atoms with van der Waals surface area (Å²) in [5, 5.41) is 1.96. The van der Waals surface area contributed by atoms with Crippen molar-refractivity contribution in [2.24, 2.45) is 0 Å². The first kappa shape index (κ1) is 23.6. The quantitative estimate of drug-likeness (QED) is 0.535. The Morgan fingerprint density at radius 3 is 2.29 bits per heavy atom. The molecule has 0 bridgehead atoms. The molecule has 1 atom stereocenters. The van der Waals surface area contributed by atoms with Crippen molar-refractivity contribution in [3.63, 3.8) is 0 Å². The number of aromatic nitrogens is 1. The standard InChI is InChI=1S/C23H23F2N5O3S2.H2/c24-16-13-17(25)15-19(14-16)28-8-10-29(11-9-28)21-5-7-30(22(21)31)18-1-3-20(4-2-18)35(32,33)27-23-26-6-12-34-23;/h1-4,6,12-15,21H,5,7-11H2,(H,26,27);1H/t21-;/m0./s1. The molecule has 1 amide bonds.